The summed E-state index contributed by atoms with van der Waals surface area (Å²) < 4.78 is 0. The Balaban J connectivity index is 2.84. The van der Waals surface area contributed by atoms with E-state index in [0.29, 0.717) is 6.54 Å². The van der Waals surface area contributed by atoms with E-state index >= 15 is 0 Å². The highest BCUT2D eigenvalue weighted by Crippen LogP contribution is 2.13. The smallest absolute Gasteiger partial charge is 0.320 e. The second-order valence-electron chi connectivity index (χ2n) is 4.70. The zero-order valence-electron chi connectivity index (χ0n) is 11.5. The number of carbonyl (C=O) groups is 3. The van der Waals surface area contributed by atoms with E-state index in [9.17, 15) is 14.4 Å². The lowest BCUT2D eigenvalue weighted by molar-refractivity contribution is -0.142. The van der Waals surface area contributed by atoms with Crippen LogP contribution in [-0.2, 0) is 9.59 Å². The highest BCUT2D eigenvalue weighted by molar-refractivity contribution is 5.91. The fraction of sp³-hybridized carbons (Fsp3) is 0.667. The summed E-state index contributed by atoms with van der Waals surface area (Å²) in [5, 5.41) is 20.0. The van der Waals surface area contributed by atoms with Crippen LogP contribution >= 0.6 is 0 Å². The van der Waals surface area contributed by atoms with E-state index in [0.717, 1.165) is 0 Å². The molecule has 1 aliphatic rings. The van der Waals surface area contributed by atoms with Crippen molar-refractivity contribution >= 4 is 17.9 Å². The third-order valence-electron chi connectivity index (χ3n) is 3.29. The molecule has 0 saturated carbocycles. The second kappa shape index (κ2) is 6.75. The first-order valence-electron chi connectivity index (χ1n) is 6.28. The molecule has 1 aliphatic heterocycles. The minimum atomic E-state index is -1.14. The van der Waals surface area contributed by atoms with Gasteiger partial charge >= 0.3 is 12.0 Å². The molecular formula is C12H18N4O4. The minimum absolute atomic E-state index is 0.172. The Hall–Kier alpha value is -2.30. The van der Waals surface area contributed by atoms with Gasteiger partial charge in [0.05, 0.1) is 18.9 Å². The molecule has 8 heteroatoms. The monoisotopic (exact) mass is 282 g/mol. The summed E-state index contributed by atoms with van der Waals surface area (Å²) in [6.07, 6.45) is -0.260. The number of carboxylic acid groups (broad SMARTS) is 1. The number of carboxylic acids is 1. The fourth-order valence-corrected chi connectivity index (χ4v) is 1.97. The lowest BCUT2D eigenvalue weighted by atomic mass is 10.1. The van der Waals surface area contributed by atoms with Gasteiger partial charge in [0.2, 0.25) is 5.91 Å². The molecule has 3 amide bonds. The number of nitrogens with one attached hydrogen (secondary N) is 1. The molecule has 110 valence electrons. The maximum Gasteiger partial charge on any atom is 0.320 e. The van der Waals surface area contributed by atoms with Crippen LogP contribution in [0.3, 0.4) is 0 Å². The molecule has 1 heterocycles. The largest absolute Gasteiger partial charge is 0.481 e. The van der Waals surface area contributed by atoms with Gasteiger partial charge in [-0.15, -0.1) is 0 Å². The van der Waals surface area contributed by atoms with Crippen LogP contribution in [0, 0.1) is 11.3 Å². The van der Waals surface area contributed by atoms with Crippen molar-refractivity contribution in [2.75, 3.05) is 20.1 Å². The first kappa shape index (κ1) is 15.8. The first-order valence-corrected chi connectivity index (χ1v) is 6.28. The lowest BCUT2D eigenvalue weighted by Gasteiger charge is -2.38. The number of aliphatic carboxylic acids is 1. The predicted molar refractivity (Wildman–Crippen MR) is 68.6 cm³/mol. The Morgan fingerprint density at radius 2 is 2.30 bits per heavy atom. The second-order valence-corrected chi connectivity index (χ2v) is 4.70. The van der Waals surface area contributed by atoms with E-state index in [4.69, 9.17) is 10.4 Å². The predicted octanol–water partition coefficient (Wildman–Crippen LogP) is -0.385. The van der Waals surface area contributed by atoms with Crippen LogP contribution in [0.5, 0.6) is 0 Å². The number of hydrogen-bond donors (Lipinski definition) is 2. The van der Waals surface area contributed by atoms with E-state index < -0.39 is 30.4 Å². The van der Waals surface area contributed by atoms with Crippen molar-refractivity contribution in [3.05, 3.63) is 0 Å². The summed E-state index contributed by atoms with van der Waals surface area (Å²) in [6, 6.07) is 0.225. The number of hydrogen-bond acceptors (Lipinski definition) is 4. The van der Waals surface area contributed by atoms with E-state index in [1.165, 1.54) is 16.8 Å². The normalized spacial score (nSPS) is 19.8. The van der Waals surface area contributed by atoms with Gasteiger partial charge in [0.25, 0.3) is 0 Å². The third-order valence-corrected chi connectivity index (χ3v) is 3.29. The quantitative estimate of drug-likeness (QED) is 0.729. The van der Waals surface area contributed by atoms with Gasteiger partial charge in [-0.2, -0.15) is 5.26 Å². The van der Waals surface area contributed by atoms with Gasteiger partial charge < -0.3 is 20.2 Å². The number of carbonyl (C=O) groups excluding carboxylic acids is 2. The standard InChI is InChI=1S/C12H18N4O4/c1-8(3-4-13)15(2)12(20)16-6-5-14-11(19)9(16)7-10(17)18/h8-9H,3,5-7H2,1-2H3,(H,14,19)(H,17,18). The van der Waals surface area contributed by atoms with Crippen molar-refractivity contribution in [1.29, 1.82) is 5.26 Å². The summed E-state index contributed by atoms with van der Waals surface area (Å²) >= 11 is 0. The SMILES string of the molecule is CC(CC#N)N(C)C(=O)N1CCNC(=O)C1CC(=O)O. The number of nitrogens with zero attached hydrogens (tertiary/aromatic N) is 3. The highest BCUT2D eigenvalue weighted by atomic mass is 16.4. The molecule has 2 unspecified atom stereocenters. The van der Waals surface area contributed by atoms with Gasteiger partial charge in [-0.1, -0.05) is 0 Å². The van der Waals surface area contributed by atoms with Gasteiger partial charge in [0.1, 0.15) is 6.04 Å². The Bertz CT molecular complexity index is 445. The molecule has 0 aromatic rings. The fourth-order valence-electron chi connectivity index (χ4n) is 1.97. The Morgan fingerprint density at radius 1 is 1.65 bits per heavy atom. The van der Waals surface area contributed by atoms with Crippen molar-refractivity contribution < 1.29 is 19.5 Å². The molecule has 20 heavy (non-hydrogen) atoms. The van der Waals surface area contributed by atoms with E-state index in [2.05, 4.69) is 5.32 Å². The van der Waals surface area contributed by atoms with Gasteiger partial charge in [-0.3, -0.25) is 9.59 Å². The molecule has 1 saturated heterocycles. The summed E-state index contributed by atoms with van der Waals surface area (Å²) in [5.41, 5.74) is 0. The molecule has 0 spiro atoms. The third kappa shape index (κ3) is 3.60. The number of piperazine rings is 1. The number of rotatable bonds is 4. The minimum Gasteiger partial charge on any atom is -0.481 e. The summed E-state index contributed by atoms with van der Waals surface area (Å²) in [4.78, 5) is 37.5. The van der Waals surface area contributed by atoms with Crippen molar-refractivity contribution in [2.24, 2.45) is 0 Å². The van der Waals surface area contributed by atoms with Gasteiger partial charge in [0.15, 0.2) is 0 Å². The highest BCUT2D eigenvalue weighted by Gasteiger charge is 2.36. The number of nitriles is 1. The van der Waals surface area contributed by atoms with Crippen LogP contribution in [0.2, 0.25) is 0 Å². The number of amides is 3. The molecule has 8 nitrogen and oxygen atoms in total. The summed E-state index contributed by atoms with van der Waals surface area (Å²) in [5.74, 6) is -1.61. The summed E-state index contributed by atoms with van der Waals surface area (Å²) in [6.45, 7) is 2.27. The van der Waals surface area contributed by atoms with E-state index in [-0.39, 0.29) is 19.0 Å². The topological polar surface area (TPSA) is 114 Å². The molecule has 2 N–H and O–H groups in total. The van der Waals surface area contributed by atoms with E-state index in [1.54, 1.807) is 6.92 Å². The van der Waals surface area contributed by atoms with Crippen LogP contribution in [0.25, 0.3) is 0 Å². The van der Waals surface area contributed by atoms with Crippen molar-refractivity contribution in [3.8, 4) is 6.07 Å². The van der Waals surface area contributed by atoms with Gasteiger partial charge in [0, 0.05) is 26.2 Å². The molecule has 1 fully saturated rings. The van der Waals surface area contributed by atoms with E-state index in [1.807, 2.05) is 6.07 Å². The van der Waals surface area contributed by atoms with Crippen molar-refractivity contribution in [2.45, 2.75) is 31.8 Å². The van der Waals surface area contributed by atoms with Crippen LogP contribution in [0.1, 0.15) is 19.8 Å². The van der Waals surface area contributed by atoms with Crippen molar-refractivity contribution in [1.82, 2.24) is 15.1 Å². The maximum atomic E-state index is 12.3. The Morgan fingerprint density at radius 3 is 2.85 bits per heavy atom. The van der Waals surface area contributed by atoms with Crippen LogP contribution in [0.4, 0.5) is 4.79 Å². The van der Waals surface area contributed by atoms with Crippen molar-refractivity contribution in [3.63, 3.8) is 0 Å². The molecule has 0 bridgehead atoms. The Kier molecular flexibility index (Phi) is 5.32. The van der Waals surface area contributed by atoms with Gasteiger partial charge in [-0.25, -0.2) is 4.79 Å². The maximum absolute atomic E-state index is 12.3. The Labute approximate surface area is 116 Å². The molecule has 0 radical (unpaired) electrons. The average Bonchev–Trinajstić information content (AvgIpc) is 2.39. The molecule has 0 aromatic heterocycles. The molecular weight excluding hydrogens is 264 g/mol. The molecule has 0 aliphatic carbocycles. The lowest BCUT2D eigenvalue weighted by Crippen LogP contribution is -2.60. The van der Waals surface area contributed by atoms with Crippen LogP contribution in [-0.4, -0.2) is 65.0 Å². The molecule has 0 aromatic carbocycles. The van der Waals surface area contributed by atoms with Crippen LogP contribution < -0.4 is 5.32 Å². The first-order chi connectivity index (χ1) is 9.38. The summed E-state index contributed by atoms with van der Waals surface area (Å²) in [7, 11) is 1.54. The average molecular weight is 282 g/mol. The zero-order chi connectivity index (χ0) is 15.3. The zero-order valence-corrected chi connectivity index (χ0v) is 11.5. The molecule has 1 rings (SSSR count). The van der Waals surface area contributed by atoms with Gasteiger partial charge in [-0.05, 0) is 6.92 Å². The number of urea groups is 1. The van der Waals surface area contributed by atoms with Crippen LogP contribution in [0.15, 0.2) is 0 Å². The molecule has 2 atom stereocenters.